The van der Waals surface area contributed by atoms with Crippen LogP contribution in [0.4, 0.5) is 23.4 Å². The molecule has 20 heavy (non-hydrogen) atoms. The molecule has 0 aliphatic carbocycles. The Morgan fingerprint density at radius 1 is 1.35 bits per heavy atom. The molecular weight excluding hydrogens is 276 g/mol. The Hall–Kier alpha value is -1.86. The monoisotopic (exact) mass is 290 g/mol. The lowest BCUT2D eigenvalue weighted by Gasteiger charge is -2.16. The minimum absolute atomic E-state index is 0.104. The summed E-state index contributed by atoms with van der Waals surface area (Å²) in [6.07, 6.45) is -0.782. The minimum Gasteiger partial charge on any atom is -0.362 e. The molecule has 0 unspecified atom stereocenters. The molecule has 1 N–H and O–H groups in total. The molecule has 2 rings (SSSR count). The third kappa shape index (κ3) is 2.83. The normalized spacial score (nSPS) is 12.6. The van der Waals surface area contributed by atoms with Crippen LogP contribution in [0.2, 0.25) is 0 Å². The van der Waals surface area contributed by atoms with Gasteiger partial charge in [-0.2, -0.15) is 13.9 Å². The van der Waals surface area contributed by atoms with Gasteiger partial charge in [-0.15, -0.1) is 0 Å². The van der Waals surface area contributed by atoms with Gasteiger partial charge in [0.2, 0.25) is 0 Å². The third-order valence-corrected chi connectivity index (χ3v) is 2.81. The average Bonchev–Trinajstić information content (AvgIpc) is 2.80. The van der Waals surface area contributed by atoms with Crippen LogP contribution in [-0.2, 0) is 0 Å². The maximum Gasteiger partial charge on any atom is 0.324 e. The zero-order valence-corrected chi connectivity index (χ0v) is 10.9. The van der Waals surface area contributed by atoms with Gasteiger partial charge in [0.25, 0.3) is 0 Å². The topological polar surface area (TPSA) is 42.2 Å². The van der Waals surface area contributed by atoms with Crippen molar-refractivity contribution >= 4 is 11.3 Å². The minimum atomic E-state index is -4.10. The molecule has 4 nitrogen and oxygen atoms in total. The zero-order chi connectivity index (χ0) is 14.9. The van der Waals surface area contributed by atoms with Gasteiger partial charge in [0.15, 0.2) is 5.82 Å². The number of hydrogen-bond donors (Lipinski definition) is 1. The van der Waals surface area contributed by atoms with Gasteiger partial charge in [-0.05, 0) is 12.0 Å². The van der Waals surface area contributed by atoms with E-state index in [0.29, 0.717) is 5.52 Å². The van der Waals surface area contributed by atoms with Crippen LogP contribution in [0.5, 0.6) is 0 Å². The van der Waals surface area contributed by atoms with Crippen molar-refractivity contribution in [1.82, 2.24) is 14.6 Å². The summed E-state index contributed by atoms with van der Waals surface area (Å²) in [6.45, 7) is 2.69. The number of nitrogens with one attached hydrogen (secondary N) is 1. The summed E-state index contributed by atoms with van der Waals surface area (Å²) < 4.78 is 51.5. The number of fused-ring (bicyclic) bond motifs is 1. The van der Waals surface area contributed by atoms with Crippen LogP contribution in [-0.4, -0.2) is 33.5 Å². The standard InChI is InChI=1S/C12H14F4N4/c1-7(2)8-5-9-10(17-3-4-20(9)19-8)18-6-12(15,16)11(13)14/h3-5,7,11H,6H2,1-2H3,(H,17,18). The molecule has 0 bridgehead atoms. The van der Waals surface area contributed by atoms with E-state index < -0.39 is 18.9 Å². The molecule has 0 aromatic carbocycles. The van der Waals surface area contributed by atoms with Gasteiger partial charge < -0.3 is 5.32 Å². The van der Waals surface area contributed by atoms with E-state index in [2.05, 4.69) is 15.4 Å². The molecule has 0 aliphatic heterocycles. The molecule has 0 saturated carbocycles. The van der Waals surface area contributed by atoms with Gasteiger partial charge in [0.1, 0.15) is 5.52 Å². The van der Waals surface area contributed by atoms with Crippen molar-refractivity contribution in [2.24, 2.45) is 0 Å². The van der Waals surface area contributed by atoms with Crippen molar-refractivity contribution in [2.75, 3.05) is 11.9 Å². The highest BCUT2D eigenvalue weighted by Crippen LogP contribution is 2.25. The lowest BCUT2D eigenvalue weighted by molar-refractivity contribution is -0.117. The lowest BCUT2D eigenvalue weighted by atomic mass is 10.1. The molecule has 0 aliphatic rings. The van der Waals surface area contributed by atoms with Gasteiger partial charge in [0, 0.05) is 12.4 Å². The van der Waals surface area contributed by atoms with Crippen LogP contribution in [0.15, 0.2) is 18.5 Å². The second kappa shape index (κ2) is 5.26. The van der Waals surface area contributed by atoms with Gasteiger partial charge in [-0.1, -0.05) is 13.8 Å². The Kier molecular flexibility index (Phi) is 3.82. The van der Waals surface area contributed by atoms with Gasteiger partial charge in [-0.25, -0.2) is 18.3 Å². The Morgan fingerprint density at radius 3 is 2.65 bits per heavy atom. The van der Waals surface area contributed by atoms with E-state index in [-0.39, 0.29) is 11.7 Å². The molecular formula is C12H14F4N4. The molecule has 0 saturated heterocycles. The lowest BCUT2D eigenvalue weighted by Crippen LogP contribution is -2.35. The molecule has 2 aromatic heterocycles. The third-order valence-electron chi connectivity index (χ3n) is 2.81. The zero-order valence-electron chi connectivity index (χ0n) is 10.9. The van der Waals surface area contributed by atoms with Crippen LogP contribution in [0.1, 0.15) is 25.5 Å². The number of hydrogen-bond acceptors (Lipinski definition) is 3. The summed E-state index contributed by atoms with van der Waals surface area (Å²) in [6, 6.07) is 1.69. The fourth-order valence-corrected chi connectivity index (χ4v) is 1.64. The number of aromatic nitrogens is 3. The van der Waals surface area contributed by atoms with E-state index >= 15 is 0 Å². The van der Waals surface area contributed by atoms with Crippen molar-refractivity contribution in [1.29, 1.82) is 0 Å². The fraction of sp³-hybridized carbons (Fsp3) is 0.500. The maximum atomic E-state index is 12.9. The van der Waals surface area contributed by atoms with Crippen LogP contribution < -0.4 is 5.32 Å². The molecule has 0 fully saturated rings. The predicted octanol–water partition coefficient (Wildman–Crippen LogP) is 3.17. The SMILES string of the molecule is CC(C)c1cc2c(NCC(F)(F)C(F)F)nccn2n1. The molecule has 0 amide bonds. The van der Waals surface area contributed by atoms with Crippen molar-refractivity contribution in [3.63, 3.8) is 0 Å². The maximum absolute atomic E-state index is 12.9. The Labute approximate surface area is 112 Å². The second-order valence-corrected chi connectivity index (χ2v) is 4.74. The highest BCUT2D eigenvalue weighted by molar-refractivity contribution is 5.68. The first-order valence-electron chi connectivity index (χ1n) is 6.05. The smallest absolute Gasteiger partial charge is 0.324 e. The highest BCUT2D eigenvalue weighted by Gasteiger charge is 2.40. The number of alkyl halides is 4. The molecule has 0 atom stereocenters. The van der Waals surface area contributed by atoms with Gasteiger partial charge in [0.05, 0.1) is 12.2 Å². The largest absolute Gasteiger partial charge is 0.362 e. The van der Waals surface area contributed by atoms with E-state index in [4.69, 9.17) is 0 Å². The summed E-state index contributed by atoms with van der Waals surface area (Å²) in [5, 5.41) is 6.51. The van der Waals surface area contributed by atoms with Crippen molar-refractivity contribution in [3.8, 4) is 0 Å². The number of rotatable bonds is 5. The number of halogens is 4. The molecule has 2 aromatic rings. The van der Waals surface area contributed by atoms with Crippen molar-refractivity contribution in [2.45, 2.75) is 32.1 Å². The van der Waals surface area contributed by atoms with Crippen LogP contribution in [0, 0.1) is 0 Å². The number of anilines is 1. The van der Waals surface area contributed by atoms with Crippen molar-refractivity contribution in [3.05, 3.63) is 24.2 Å². The van der Waals surface area contributed by atoms with E-state index in [9.17, 15) is 17.6 Å². The summed E-state index contributed by atoms with van der Waals surface area (Å²) in [7, 11) is 0. The molecule has 0 spiro atoms. The summed E-state index contributed by atoms with van der Waals surface area (Å²) >= 11 is 0. The van der Waals surface area contributed by atoms with Gasteiger partial charge in [-0.3, -0.25) is 0 Å². The van der Waals surface area contributed by atoms with E-state index in [1.807, 2.05) is 13.8 Å². The summed E-state index contributed by atoms with van der Waals surface area (Å²) in [4.78, 5) is 3.89. The quantitative estimate of drug-likeness (QED) is 0.860. The molecule has 110 valence electrons. The first-order chi connectivity index (χ1) is 9.31. The van der Waals surface area contributed by atoms with Crippen LogP contribution >= 0.6 is 0 Å². The average molecular weight is 290 g/mol. The van der Waals surface area contributed by atoms with Crippen LogP contribution in [0.3, 0.4) is 0 Å². The molecule has 8 heteroatoms. The predicted molar refractivity (Wildman–Crippen MR) is 66.5 cm³/mol. The van der Waals surface area contributed by atoms with Gasteiger partial charge >= 0.3 is 12.3 Å². The first kappa shape index (κ1) is 14.5. The first-order valence-corrected chi connectivity index (χ1v) is 6.05. The highest BCUT2D eigenvalue weighted by atomic mass is 19.3. The number of nitrogens with zero attached hydrogens (tertiary/aromatic N) is 3. The van der Waals surface area contributed by atoms with Crippen LogP contribution in [0.25, 0.3) is 5.52 Å². The van der Waals surface area contributed by atoms with E-state index in [1.54, 1.807) is 12.3 Å². The molecule has 0 radical (unpaired) electrons. The summed E-state index contributed by atoms with van der Waals surface area (Å²) in [5.41, 5.74) is 1.24. The Morgan fingerprint density at radius 2 is 2.05 bits per heavy atom. The Balaban J connectivity index is 2.26. The van der Waals surface area contributed by atoms with E-state index in [0.717, 1.165) is 5.69 Å². The fourth-order valence-electron chi connectivity index (χ4n) is 1.64. The molecule has 2 heterocycles. The Bertz CT molecular complexity index is 594. The summed E-state index contributed by atoms with van der Waals surface area (Å²) in [5.74, 6) is -3.84. The van der Waals surface area contributed by atoms with Crippen molar-refractivity contribution < 1.29 is 17.6 Å². The second-order valence-electron chi connectivity index (χ2n) is 4.74. The van der Waals surface area contributed by atoms with E-state index in [1.165, 1.54) is 10.7 Å².